The predicted octanol–water partition coefficient (Wildman–Crippen LogP) is 3.39. The largest absolute Gasteiger partial charge is 0.298 e. The Labute approximate surface area is 87.7 Å². The van der Waals surface area contributed by atoms with E-state index >= 15 is 0 Å². The molecule has 0 aromatic carbocycles. The summed E-state index contributed by atoms with van der Waals surface area (Å²) < 4.78 is 12.0. The van der Waals surface area contributed by atoms with Crippen LogP contribution in [0.2, 0.25) is 0 Å². The van der Waals surface area contributed by atoms with Crippen molar-refractivity contribution in [2.75, 3.05) is 19.8 Å². The van der Waals surface area contributed by atoms with Gasteiger partial charge >= 0.3 is 0 Å². The van der Waals surface area contributed by atoms with Gasteiger partial charge in [0.25, 0.3) is 0 Å². The van der Waals surface area contributed by atoms with E-state index in [1.54, 1.807) is 0 Å². The summed E-state index contributed by atoms with van der Waals surface area (Å²) >= 11 is 0. The monoisotopic (exact) mass is 201 g/mol. The Morgan fingerprint density at radius 1 is 1.36 bits per heavy atom. The molecule has 0 saturated carbocycles. The van der Waals surface area contributed by atoms with E-state index in [4.69, 9.17) is 0 Å². The molecule has 0 aromatic heterocycles. The first-order chi connectivity index (χ1) is 6.73. The molecule has 0 aliphatic carbocycles. The summed E-state index contributed by atoms with van der Waals surface area (Å²) in [6.45, 7) is 6.80. The van der Waals surface area contributed by atoms with Crippen LogP contribution in [0, 0.1) is 0 Å². The molecule has 1 unspecified atom stereocenters. The SMILES string of the molecule is CCCC1(C)CCCN1CCCCF. The second kappa shape index (κ2) is 5.69. The molecule has 0 amide bonds. The fraction of sp³-hybridized carbons (Fsp3) is 1.00. The molecule has 1 aliphatic heterocycles. The molecule has 1 heterocycles. The van der Waals surface area contributed by atoms with E-state index in [0.29, 0.717) is 5.54 Å². The van der Waals surface area contributed by atoms with Gasteiger partial charge in [-0.25, -0.2) is 0 Å². The molecule has 0 spiro atoms. The van der Waals surface area contributed by atoms with E-state index in [9.17, 15) is 4.39 Å². The van der Waals surface area contributed by atoms with Gasteiger partial charge in [-0.15, -0.1) is 0 Å². The third-order valence-corrected chi connectivity index (χ3v) is 3.51. The molecule has 84 valence electrons. The third kappa shape index (κ3) is 2.94. The van der Waals surface area contributed by atoms with Crippen molar-refractivity contribution in [3.05, 3.63) is 0 Å². The molecule has 1 nitrogen and oxygen atoms in total. The van der Waals surface area contributed by atoms with Gasteiger partial charge in [0.2, 0.25) is 0 Å². The standard InChI is InChI=1S/C12H24FN/c1-3-7-12(2)8-6-11-14(12)10-5-4-9-13/h3-11H2,1-2H3. The van der Waals surface area contributed by atoms with Crippen molar-refractivity contribution in [2.45, 2.75) is 57.9 Å². The van der Waals surface area contributed by atoms with Crippen LogP contribution in [0.25, 0.3) is 0 Å². The summed E-state index contributed by atoms with van der Waals surface area (Å²) in [5.74, 6) is 0. The predicted molar refractivity (Wildman–Crippen MR) is 59.3 cm³/mol. The molecular weight excluding hydrogens is 177 g/mol. The van der Waals surface area contributed by atoms with Crippen molar-refractivity contribution >= 4 is 0 Å². The lowest BCUT2D eigenvalue weighted by atomic mass is 9.93. The lowest BCUT2D eigenvalue weighted by Crippen LogP contribution is -2.41. The summed E-state index contributed by atoms with van der Waals surface area (Å²) in [5, 5.41) is 0. The Kier molecular flexibility index (Phi) is 4.86. The van der Waals surface area contributed by atoms with E-state index in [0.717, 1.165) is 19.4 Å². The molecular formula is C12H24FN. The summed E-state index contributed by atoms with van der Waals surface area (Å²) in [6, 6.07) is 0. The quantitative estimate of drug-likeness (QED) is 0.595. The van der Waals surface area contributed by atoms with Gasteiger partial charge in [0.15, 0.2) is 0 Å². The van der Waals surface area contributed by atoms with Crippen LogP contribution in [0.1, 0.15) is 52.4 Å². The number of halogens is 1. The highest BCUT2D eigenvalue weighted by molar-refractivity contribution is 4.91. The maximum Gasteiger partial charge on any atom is 0.0894 e. The zero-order chi connectivity index (χ0) is 10.4. The van der Waals surface area contributed by atoms with E-state index in [2.05, 4.69) is 18.7 Å². The second-order valence-corrected chi connectivity index (χ2v) is 4.73. The van der Waals surface area contributed by atoms with Crippen molar-refractivity contribution < 1.29 is 4.39 Å². The fourth-order valence-electron chi connectivity index (χ4n) is 2.68. The lowest BCUT2D eigenvalue weighted by Gasteiger charge is -2.35. The first kappa shape index (κ1) is 12.0. The molecule has 1 rings (SSSR count). The minimum atomic E-state index is -0.154. The molecule has 2 heteroatoms. The van der Waals surface area contributed by atoms with Gasteiger partial charge < -0.3 is 0 Å². The second-order valence-electron chi connectivity index (χ2n) is 4.73. The van der Waals surface area contributed by atoms with Gasteiger partial charge in [0, 0.05) is 5.54 Å². The number of hydrogen-bond acceptors (Lipinski definition) is 1. The highest BCUT2D eigenvalue weighted by Gasteiger charge is 2.34. The van der Waals surface area contributed by atoms with E-state index in [1.165, 1.54) is 32.2 Å². The zero-order valence-corrected chi connectivity index (χ0v) is 9.69. The van der Waals surface area contributed by atoms with Gasteiger partial charge in [-0.05, 0) is 52.1 Å². The van der Waals surface area contributed by atoms with Crippen LogP contribution >= 0.6 is 0 Å². The molecule has 1 saturated heterocycles. The van der Waals surface area contributed by atoms with E-state index < -0.39 is 0 Å². The van der Waals surface area contributed by atoms with E-state index in [-0.39, 0.29) is 6.67 Å². The molecule has 0 N–H and O–H groups in total. The molecule has 1 fully saturated rings. The molecule has 0 radical (unpaired) electrons. The summed E-state index contributed by atoms with van der Waals surface area (Å²) in [7, 11) is 0. The van der Waals surface area contributed by atoms with Gasteiger partial charge in [-0.1, -0.05) is 13.3 Å². The number of likely N-dealkylation sites (tertiary alicyclic amines) is 1. The maximum atomic E-state index is 12.0. The van der Waals surface area contributed by atoms with Gasteiger partial charge in [0.1, 0.15) is 0 Å². The minimum absolute atomic E-state index is 0.154. The Bertz CT molecular complexity index is 160. The zero-order valence-electron chi connectivity index (χ0n) is 9.69. The number of rotatable bonds is 6. The molecule has 0 bridgehead atoms. The third-order valence-electron chi connectivity index (χ3n) is 3.51. The highest BCUT2D eigenvalue weighted by atomic mass is 19.1. The number of unbranched alkanes of at least 4 members (excludes halogenated alkanes) is 1. The van der Waals surface area contributed by atoms with Crippen LogP contribution in [0.4, 0.5) is 4.39 Å². The van der Waals surface area contributed by atoms with Crippen molar-refractivity contribution in [1.29, 1.82) is 0 Å². The Balaban J connectivity index is 2.34. The summed E-state index contributed by atoms with van der Waals surface area (Å²) in [4.78, 5) is 2.58. The van der Waals surface area contributed by atoms with Crippen LogP contribution < -0.4 is 0 Å². The normalized spacial score (nSPS) is 28.5. The Hall–Kier alpha value is -0.110. The molecule has 1 atom stereocenters. The lowest BCUT2D eigenvalue weighted by molar-refractivity contribution is 0.140. The van der Waals surface area contributed by atoms with Crippen molar-refractivity contribution in [3.63, 3.8) is 0 Å². The number of nitrogens with zero attached hydrogens (tertiary/aromatic N) is 1. The number of hydrogen-bond donors (Lipinski definition) is 0. The first-order valence-corrected chi connectivity index (χ1v) is 6.04. The maximum absolute atomic E-state index is 12.0. The first-order valence-electron chi connectivity index (χ1n) is 6.04. The van der Waals surface area contributed by atoms with Crippen LogP contribution in [0.15, 0.2) is 0 Å². The Morgan fingerprint density at radius 3 is 2.79 bits per heavy atom. The van der Waals surface area contributed by atoms with Gasteiger partial charge in [0.05, 0.1) is 6.67 Å². The van der Waals surface area contributed by atoms with Crippen LogP contribution in [-0.2, 0) is 0 Å². The Morgan fingerprint density at radius 2 is 2.14 bits per heavy atom. The average Bonchev–Trinajstić information content (AvgIpc) is 2.49. The van der Waals surface area contributed by atoms with Crippen LogP contribution in [-0.4, -0.2) is 30.2 Å². The molecule has 14 heavy (non-hydrogen) atoms. The van der Waals surface area contributed by atoms with Crippen LogP contribution in [0.5, 0.6) is 0 Å². The van der Waals surface area contributed by atoms with Crippen molar-refractivity contribution in [3.8, 4) is 0 Å². The smallest absolute Gasteiger partial charge is 0.0894 e. The van der Waals surface area contributed by atoms with E-state index in [1.807, 2.05) is 0 Å². The fourth-order valence-corrected chi connectivity index (χ4v) is 2.68. The highest BCUT2D eigenvalue weighted by Crippen LogP contribution is 2.32. The van der Waals surface area contributed by atoms with Crippen molar-refractivity contribution in [2.24, 2.45) is 0 Å². The number of alkyl halides is 1. The summed E-state index contributed by atoms with van der Waals surface area (Å²) in [6.07, 6.45) is 6.97. The van der Waals surface area contributed by atoms with Crippen molar-refractivity contribution in [1.82, 2.24) is 4.90 Å². The van der Waals surface area contributed by atoms with Gasteiger partial charge in [-0.2, -0.15) is 0 Å². The summed E-state index contributed by atoms with van der Waals surface area (Å²) in [5.41, 5.74) is 0.422. The molecule has 0 aromatic rings. The topological polar surface area (TPSA) is 3.24 Å². The van der Waals surface area contributed by atoms with Crippen LogP contribution in [0.3, 0.4) is 0 Å². The molecule has 1 aliphatic rings. The minimum Gasteiger partial charge on any atom is -0.298 e. The van der Waals surface area contributed by atoms with Gasteiger partial charge in [-0.3, -0.25) is 9.29 Å². The average molecular weight is 201 g/mol.